The van der Waals surface area contributed by atoms with Crippen molar-refractivity contribution in [2.24, 2.45) is 0 Å². The van der Waals surface area contributed by atoms with Gasteiger partial charge in [0.2, 0.25) is 5.91 Å². The Morgan fingerprint density at radius 2 is 1.81 bits per heavy atom. The van der Waals surface area contributed by atoms with Gasteiger partial charge in [-0.25, -0.2) is 4.79 Å². The van der Waals surface area contributed by atoms with Gasteiger partial charge in [-0.1, -0.05) is 54.1 Å². The Bertz CT molecular complexity index is 759. The molecule has 0 saturated heterocycles. The molecular weight excluding hydrogens is 328 g/mol. The van der Waals surface area contributed by atoms with Crippen molar-refractivity contribution in [2.75, 3.05) is 7.05 Å². The molecule has 0 radical (unpaired) electrons. The number of hydrogen-bond donors (Lipinski definition) is 1. The highest BCUT2D eigenvalue weighted by atomic mass is 16.5. The second-order valence-electron chi connectivity index (χ2n) is 6.55. The van der Waals surface area contributed by atoms with Gasteiger partial charge in [0, 0.05) is 13.6 Å². The number of rotatable bonds is 6. The van der Waals surface area contributed by atoms with Crippen LogP contribution < -0.4 is 5.32 Å². The summed E-state index contributed by atoms with van der Waals surface area (Å²) in [5.41, 5.74) is 4.32. The number of benzene rings is 2. The van der Waals surface area contributed by atoms with Gasteiger partial charge in [0.1, 0.15) is 12.6 Å². The van der Waals surface area contributed by atoms with Crippen LogP contribution in [0.2, 0.25) is 0 Å². The highest BCUT2D eigenvalue weighted by Crippen LogP contribution is 2.13. The molecule has 1 N–H and O–H groups in total. The van der Waals surface area contributed by atoms with Gasteiger partial charge in [-0.3, -0.25) is 4.79 Å². The Morgan fingerprint density at radius 1 is 1.12 bits per heavy atom. The maximum Gasteiger partial charge on any atom is 0.408 e. The molecule has 1 unspecified atom stereocenters. The first kappa shape index (κ1) is 19.5. The zero-order valence-electron chi connectivity index (χ0n) is 15.8. The zero-order chi connectivity index (χ0) is 19.1. The molecule has 2 aromatic carbocycles. The predicted molar refractivity (Wildman–Crippen MR) is 102 cm³/mol. The molecular formula is C21H26N2O3. The molecule has 0 aliphatic carbocycles. The lowest BCUT2D eigenvalue weighted by atomic mass is 10.1. The molecule has 0 saturated carbocycles. The second-order valence-corrected chi connectivity index (χ2v) is 6.55. The SMILES string of the molecule is Cc1ccc(CN(C)C(=O)C(C)NC(=O)OCc2ccccc2)c(C)c1. The van der Waals surface area contributed by atoms with E-state index in [0.29, 0.717) is 6.54 Å². The number of ether oxygens (including phenoxy) is 1. The van der Waals surface area contributed by atoms with E-state index in [-0.39, 0.29) is 12.5 Å². The Kier molecular flexibility index (Phi) is 6.78. The summed E-state index contributed by atoms with van der Waals surface area (Å²) in [4.78, 5) is 26.0. The molecule has 0 aromatic heterocycles. The number of carbonyl (C=O) groups excluding carboxylic acids is 2. The van der Waals surface area contributed by atoms with Crippen LogP contribution in [0.1, 0.15) is 29.2 Å². The molecule has 1 atom stereocenters. The molecule has 138 valence electrons. The summed E-state index contributed by atoms with van der Waals surface area (Å²) in [7, 11) is 1.73. The number of carbonyl (C=O) groups is 2. The lowest BCUT2D eigenvalue weighted by molar-refractivity contribution is -0.132. The largest absolute Gasteiger partial charge is 0.445 e. The Labute approximate surface area is 155 Å². The van der Waals surface area contributed by atoms with Crippen LogP contribution >= 0.6 is 0 Å². The van der Waals surface area contributed by atoms with Crippen molar-refractivity contribution in [3.05, 3.63) is 70.8 Å². The molecule has 2 aromatic rings. The quantitative estimate of drug-likeness (QED) is 0.863. The fourth-order valence-electron chi connectivity index (χ4n) is 2.69. The molecule has 2 amide bonds. The summed E-state index contributed by atoms with van der Waals surface area (Å²) >= 11 is 0. The van der Waals surface area contributed by atoms with Crippen LogP contribution in [-0.2, 0) is 22.7 Å². The smallest absolute Gasteiger partial charge is 0.408 e. The van der Waals surface area contributed by atoms with E-state index in [4.69, 9.17) is 4.74 Å². The number of hydrogen-bond acceptors (Lipinski definition) is 3. The van der Waals surface area contributed by atoms with Gasteiger partial charge in [-0.2, -0.15) is 0 Å². The Morgan fingerprint density at radius 3 is 2.46 bits per heavy atom. The zero-order valence-corrected chi connectivity index (χ0v) is 15.8. The highest BCUT2D eigenvalue weighted by molar-refractivity contribution is 5.85. The van der Waals surface area contributed by atoms with E-state index in [0.717, 1.165) is 16.7 Å². The minimum absolute atomic E-state index is 0.165. The third-order valence-electron chi connectivity index (χ3n) is 4.20. The van der Waals surface area contributed by atoms with E-state index in [1.54, 1.807) is 18.9 Å². The van der Waals surface area contributed by atoms with Gasteiger partial charge in [0.05, 0.1) is 0 Å². The topological polar surface area (TPSA) is 58.6 Å². The summed E-state index contributed by atoms with van der Waals surface area (Å²) in [5, 5.41) is 2.59. The molecule has 2 rings (SSSR count). The molecule has 5 heteroatoms. The van der Waals surface area contributed by atoms with Crippen LogP contribution in [0.3, 0.4) is 0 Å². The molecule has 0 heterocycles. The number of amides is 2. The average Bonchev–Trinajstić information content (AvgIpc) is 2.62. The number of alkyl carbamates (subject to hydrolysis) is 1. The molecule has 0 spiro atoms. The van der Waals surface area contributed by atoms with Gasteiger partial charge in [0.15, 0.2) is 0 Å². The Balaban J connectivity index is 1.84. The van der Waals surface area contributed by atoms with E-state index in [2.05, 4.69) is 11.4 Å². The second kappa shape index (κ2) is 9.04. The average molecular weight is 354 g/mol. The van der Waals surface area contributed by atoms with E-state index in [9.17, 15) is 9.59 Å². The van der Waals surface area contributed by atoms with Gasteiger partial charge in [-0.05, 0) is 37.5 Å². The number of likely N-dealkylation sites (N-methyl/N-ethyl adjacent to an activating group) is 1. The van der Waals surface area contributed by atoms with Crippen LogP contribution in [0.25, 0.3) is 0 Å². The Hall–Kier alpha value is -2.82. The minimum atomic E-state index is -0.658. The summed E-state index contributed by atoms with van der Waals surface area (Å²) < 4.78 is 5.16. The van der Waals surface area contributed by atoms with Crippen molar-refractivity contribution in [1.82, 2.24) is 10.2 Å². The number of nitrogens with zero attached hydrogens (tertiary/aromatic N) is 1. The van der Waals surface area contributed by atoms with E-state index >= 15 is 0 Å². The summed E-state index contributed by atoms with van der Waals surface area (Å²) in [6, 6.07) is 14.9. The van der Waals surface area contributed by atoms with Crippen molar-refractivity contribution in [3.8, 4) is 0 Å². The van der Waals surface area contributed by atoms with E-state index in [1.807, 2.05) is 56.3 Å². The fourth-order valence-corrected chi connectivity index (χ4v) is 2.69. The number of nitrogens with one attached hydrogen (secondary N) is 1. The van der Waals surface area contributed by atoms with E-state index in [1.165, 1.54) is 5.56 Å². The maximum atomic E-state index is 12.5. The maximum absolute atomic E-state index is 12.5. The number of aryl methyl sites for hydroxylation is 2. The molecule has 0 aliphatic heterocycles. The lowest BCUT2D eigenvalue weighted by Crippen LogP contribution is -2.45. The van der Waals surface area contributed by atoms with Crippen LogP contribution in [0.5, 0.6) is 0 Å². The van der Waals surface area contributed by atoms with Crippen LogP contribution in [0.4, 0.5) is 4.79 Å². The van der Waals surface area contributed by atoms with Crippen LogP contribution in [0.15, 0.2) is 48.5 Å². The summed E-state index contributed by atoms with van der Waals surface area (Å²) in [6.45, 7) is 6.40. The minimum Gasteiger partial charge on any atom is -0.445 e. The molecule has 0 fully saturated rings. The van der Waals surface area contributed by atoms with Crippen LogP contribution in [-0.4, -0.2) is 30.0 Å². The predicted octanol–water partition coefficient (Wildman–Crippen LogP) is 3.58. The fraction of sp³-hybridized carbons (Fsp3) is 0.333. The molecule has 0 aliphatic rings. The third-order valence-corrected chi connectivity index (χ3v) is 4.20. The van der Waals surface area contributed by atoms with Gasteiger partial charge in [0.25, 0.3) is 0 Å². The van der Waals surface area contributed by atoms with Gasteiger partial charge < -0.3 is 15.0 Å². The summed E-state index contributed by atoms with van der Waals surface area (Å²) in [6.07, 6.45) is -0.602. The van der Waals surface area contributed by atoms with Crippen molar-refractivity contribution in [2.45, 2.75) is 40.0 Å². The van der Waals surface area contributed by atoms with Gasteiger partial charge in [-0.15, -0.1) is 0 Å². The van der Waals surface area contributed by atoms with Crippen LogP contribution in [0, 0.1) is 13.8 Å². The van der Waals surface area contributed by atoms with Crippen molar-refractivity contribution >= 4 is 12.0 Å². The lowest BCUT2D eigenvalue weighted by Gasteiger charge is -2.23. The normalized spacial score (nSPS) is 11.5. The third kappa shape index (κ3) is 5.62. The molecule has 26 heavy (non-hydrogen) atoms. The summed E-state index contributed by atoms with van der Waals surface area (Å²) in [5.74, 6) is -0.165. The van der Waals surface area contributed by atoms with E-state index < -0.39 is 12.1 Å². The van der Waals surface area contributed by atoms with Gasteiger partial charge >= 0.3 is 6.09 Å². The molecule has 0 bridgehead atoms. The molecule has 5 nitrogen and oxygen atoms in total. The first-order valence-corrected chi connectivity index (χ1v) is 8.65. The van der Waals surface area contributed by atoms with Crippen molar-refractivity contribution < 1.29 is 14.3 Å². The first-order chi connectivity index (χ1) is 12.4. The first-order valence-electron chi connectivity index (χ1n) is 8.65. The van der Waals surface area contributed by atoms with Crippen molar-refractivity contribution in [3.63, 3.8) is 0 Å². The van der Waals surface area contributed by atoms with Crippen molar-refractivity contribution in [1.29, 1.82) is 0 Å². The monoisotopic (exact) mass is 354 g/mol. The highest BCUT2D eigenvalue weighted by Gasteiger charge is 2.20. The standard InChI is InChI=1S/C21H26N2O3/c1-15-10-11-19(16(2)12-15)13-23(4)20(24)17(3)22-21(25)26-14-18-8-6-5-7-9-18/h5-12,17H,13-14H2,1-4H3,(H,22,25).